The summed E-state index contributed by atoms with van der Waals surface area (Å²) >= 11 is 6.38. The number of rotatable bonds is 3. The Bertz CT molecular complexity index is 528. The predicted octanol–water partition coefficient (Wildman–Crippen LogP) is 4.37. The molecular weight excluding hydrogens is 282 g/mol. The van der Waals surface area contributed by atoms with Gasteiger partial charge in [-0.3, -0.25) is 9.69 Å². The zero-order chi connectivity index (χ0) is 14.8. The maximum atomic E-state index is 12.2. The zero-order valence-corrected chi connectivity index (χ0v) is 13.5. The van der Waals surface area contributed by atoms with Crippen molar-refractivity contribution >= 4 is 17.4 Å². The first-order valence-electron chi connectivity index (χ1n) is 8.17. The number of aryl methyl sites for hydroxylation is 1. The van der Waals surface area contributed by atoms with Crippen LogP contribution in [-0.2, 0) is 11.3 Å². The number of carbonyl (C=O) groups is 1. The van der Waals surface area contributed by atoms with Crippen molar-refractivity contribution in [2.24, 2.45) is 5.92 Å². The van der Waals surface area contributed by atoms with Crippen molar-refractivity contribution in [3.8, 4) is 0 Å². The van der Waals surface area contributed by atoms with Gasteiger partial charge >= 0.3 is 0 Å². The van der Waals surface area contributed by atoms with Crippen LogP contribution in [0, 0.1) is 12.8 Å². The van der Waals surface area contributed by atoms with Gasteiger partial charge < -0.3 is 0 Å². The lowest BCUT2D eigenvalue weighted by Gasteiger charge is -2.33. The number of likely N-dealkylation sites (tertiary alicyclic amines) is 1. The Kier molecular flexibility index (Phi) is 4.66. The minimum absolute atomic E-state index is 0.269. The molecule has 1 heterocycles. The second kappa shape index (κ2) is 6.50. The highest BCUT2D eigenvalue weighted by Crippen LogP contribution is 2.34. The molecule has 2 aliphatic rings. The molecule has 1 saturated heterocycles. The fourth-order valence-corrected chi connectivity index (χ4v) is 4.21. The van der Waals surface area contributed by atoms with E-state index in [4.69, 9.17) is 11.6 Å². The van der Waals surface area contributed by atoms with Crippen LogP contribution >= 0.6 is 11.6 Å². The van der Waals surface area contributed by atoms with E-state index in [1.54, 1.807) is 0 Å². The summed E-state index contributed by atoms with van der Waals surface area (Å²) in [4.78, 5) is 14.7. The number of halogens is 1. The number of benzene rings is 1. The molecule has 1 saturated carbocycles. The highest BCUT2D eigenvalue weighted by molar-refractivity contribution is 6.31. The van der Waals surface area contributed by atoms with E-state index in [9.17, 15) is 4.79 Å². The van der Waals surface area contributed by atoms with Gasteiger partial charge in [0.2, 0.25) is 0 Å². The van der Waals surface area contributed by atoms with Gasteiger partial charge in [-0.25, -0.2) is 0 Å². The molecule has 114 valence electrons. The van der Waals surface area contributed by atoms with Gasteiger partial charge in [0.1, 0.15) is 5.78 Å². The molecule has 2 atom stereocenters. The van der Waals surface area contributed by atoms with Crippen molar-refractivity contribution in [1.82, 2.24) is 4.90 Å². The van der Waals surface area contributed by atoms with E-state index in [1.165, 1.54) is 30.4 Å². The number of carbonyl (C=O) groups excluding carboxylic acids is 1. The van der Waals surface area contributed by atoms with Gasteiger partial charge in [0, 0.05) is 29.9 Å². The van der Waals surface area contributed by atoms with E-state index in [1.807, 2.05) is 6.07 Å². The average Bonchev–Trinajstić information content (AvgIpc) is 2.90. The SMILES string of the molecule is Cc1ccc(CN2CCCC2C2CCCCC2=O)c(Cl)c1. The molecule has 0 bridgehead atoms. The molecule has 1 aromatic carbocycles. The van der Waals surface area contributed by atoms with E-state index in [-0.39, 0.29) is 5.92 Å². The number of hydrogen-bond acceptors (Lipinski definition) is 2. The molecule has 21 heavy (non-hydrogen) atoms. The summed E-state index contributed by atoms with van der Waals surface area (Å²) in [5, 5.41) is 0.857. The third-order valence-corrected chi connectivity index (χ3v) is 5.41. The first kappa shape index (κ1) is 15.1. The monoisotopic (exact) mass is 305 g/mol. The van der Waals surface area contributed by atoms with Gasteiger partial charge in [0.25, 0.3) is 0 Å². The summed E-state index contributed by atoms with van der Waals surface area (Å²) in [6.07, 6.45) is 6.55. The molecule has 0 aromatic heterocycles. The second-order valence-electron chi connectivity index (χ2n) is 6.59. The summed E-state index contributed by atoms with van der Waals surface area (Å²) in [6, 6.07) is 6.73. The van der Waals surface area contributed by atoms with E-state index >= 15 is 0 Å². The Balaban J connectivity index is 1.73. The standard InChI is InChI=1S/C18H24ClNO/c1-13-8-9-14(16(19)11-13)12-20-10-4-6-17(20)15-5-2-3-7-18(15)21/h8-9,11,15,17H,2-7,10,12H2,1H3. The Labute approximate surface area is 132 Å². The molecule has 3 rings (SSSR count). The van der Waals surface area contributed by atoms with Gasteiger partial charge in [-0.05, 0) is 56.3 Å². The van der Waals surface area contributed by atoms with Crippen molar-refractivity contribution in [3.63, 3.8) is 0 Å². The van der Waals surface area contributed by atoms with Gasteiger partial charge in [-0.1, -0.05) is 30.2 Å². The Morgan fingerprint density at radius 2 is 2.10 bits per heavy atom. The van der Waals surface area contributed by atoms with Crippen molar-refractivity contribution < 1.29 is 4.79 Å². The van der Waals surface area contributed by atoms with Crippen molar-refractivity contribution in [2.45, 2.75) is 58.0 Å². The Hall–Kier alpha value is -0.860. The summed E-state index contributed by atoms with van der Waals surface area (Å²) in [7, 11) is 0. The molecule has 2 unspecified atom stereocenters. The lowest BCUT2D eigenvalue weighted by atomic mass is 9.81. The normalized spacial score (nSPS) is 27.2. The predicted molar refractivity (Wildman–Crippen MR) is 86.6 cm³/mol. The highest BCUT2D eigenvalue weighted by Gasteiger charge is 2.36. The lowest BCUT2D eigenvalue weighted by molar-refractivity contribution is -0.126. The molecular formula is C18H24ClNO. The fourth-order valence-electron chi connectivity index (χ4n) is 3.92. The summed E-state index contributed by atoms with van der Waals surface area (Å²) in [6.45, 7) is 4.04. The van der Waals surface area contributed by atoms with Crippen LogP contribution in [0.15, 0.2) is 18.2 Å². The molecule has 0 amide bonds. The van der Waals surface area contributed by atoms with Gasteiger partial charge in [-0.2, -0.15) is 0 Å². The van der Waals surface area contributed by atoms with Crippen LogP contribution in [0.5, 0.6) is 0 Å². The number of ketones is 1. The maximum absolute atomic E-state index is 12.2. The van der Waals surface area contributed by atoms with Crippen molar-refractivity contribution in [3.05, 3.63) is 34.3 Å². The lowest BCUT2D eigenvalue weighted by Crippen LogP contribution is -2.40. The van der Waals surface area contributed by atoms with E-state index < -0.39 is 0 Å². The maximum Gasteiger partial charge on any atom is 0.137 e. The molecule has 3 heteroatoms. The van der Waals surface area contributed by atoms with Crippen LogP contribution in [0.4, 0.5) is 0 Å². The van der Waals surface area contributed by atoms with Gasteiger partial charge in [-0.15, -0.1) is 0 Å². The first-order valence-corrected chi connectivity index (χ1v) is 8.55. The van der Waals surface area contributed by atoms with E-state index in [0.717, 1.165) is 37.4 Å². The number of hydrogen-bond donors (Lipinski definition) is 0. The van der Waals surface area contributed by atoms with Gasteiger partial charge in [0.15, 0.2) is 0 Å². The van der Waals surface area contributed by atoms with Crippen LogP contribution in [0.25, 0.3) is 0 Å². The van der Waals surface area contributed by atoms with E-state index in [2.05, 4.69) is 24.0 Å². The number of nitrogens with zero attached hydrogens (tertiary/aromatic N) is 1. The quantitative estimate of drug-likeness (QED) is 0.826. The highest BCUT2D eigenvalue weighted by atomic mass is 35.5. The molecule has 1 aromatic rings. The third-order valence-electron chi connectivity index (χ3n) is 5.06. The Morgan fingerprint density at radius 3 is 2.86 bits per heavy atom. The molecule has 2 fully saturated rings. The largest absolute Gasteiger partial charge is 0.299 e. The van der Waals surface area contributed by atoms with Crippen LogP contribution in [0.1, 0.15) is 49.7 Å². The van der Waals surface area contributed by atoms with Crippen LogP contribution in [0.2, 0.25) is 5.02 Å². The fraction of sp³-hybridized carbons (Fsp3) is 0.611. The molecule has 2 nitrogen and oxygen atoms in total. The van der Waals surface area contributed by atoms with Crippen LogP contribution in [-0.4, -0.2) is 23.3 Å². The third kappa shape index (κ3) is 3.32. The second-order valence-corrected chi connectivity index (χ2v) is 7.00. The van der Waals surface area contributed by atoms with Crippen molar-refractivity contribution in [2.75, 3.05) is 6.54 Å². The van der Waals surface area contributed by atoms with Gasteiger partial charge in [0.05, 0.1) is 0 Å². The summed E-state index contributed by atoms with van der Waals surface area (Å²) in [5.74, 6) is 0.763. The smallest absolute Gasteiger partial charge is 0.137 e. The molecule has 0 radical (unpaired) electrons. The zero-order valence-electron chi connectivity index (χ0n) is 12.8. The first-order chi connectivity index (χ1) is 10.1. The minimum atomic E-state index is 0.269. The van der Waals surface area contributed by atoms with Crippen LogP contribution < -0.4 is 0 Å². The Morgan fingerprint density at radius 1 is 1.24 bits per heavy atom. The molecule has 1 aliphatic heterocycles. The minimum Gasteiger partial charge on any atom is -0.299 e. The molecule has 1 aliphatic carbocycles. The molecule has 0 spiro atoms. The van der Waals surface area contributed by atoms with Crippen LogP contribution in [0.3, 0.4) is 0 Å². The topological polar surface area (TPSA) is 20.3 Å². The van der Waals surface area contributed by atoms with Crippen molar-refractivity contribution in [1.29, 1.82) is 0 Å². The summed E-state index contributed by atoms with van der Waals surface area (Å²) < 4.78 is 0. The van der Waals surface area contributed by atoms with E-state index in [0.29, 0.717) is 11.8 Å². The summed E-state index contributed by atoms with van der Waals surface area (Å²) in [5.41, 5.74) is 2.39. The number of Topliss-reactive ketones (excluding diaryl/α,β-unsaturated/α-hetero) is 1. The molecule has 0 N–H and O–H groups in total. The average molecular weight is 306 g/mol.